The molecule has 0 saturated heterocycles. The van der Waals surface area contributed by atoms with Gasteiger partial charge in [0.2, 0.25) is 0 Å². The molecule has 0 fully saturated rings. The number of thiol groups is 2. The molecule has 78 valence electrons. The van der Waals surface area contributed by atoms with E-state index in [2.05, 4.69) is 46.0 Å². The van der Waals surface area contributed by atoms with Crippen molar-refractivity contribution in [3.8, 4) is 5.75 Å². The zero-order chi connectivity index (χ0) is 10.9. The van der Waals surface area contributed by atoms with Crippen molar-refractivity contribution < 1.29 is 5.11 Å². The van der Waals surface area contributed by atoms with E-state index in [1.54, 1.807) is 6.07 Å². The van der Waals surface area contributed by atoms with Crippen molar-refractivity contribution in [1.29, 1.82) is 0 Å². The summed E-state index contributed by atoms with van der Waals surface area (Å²) < 4.78 is 0. The summed E-state index contributed by atoms with van der Waals surface area (Å²) in [5.41, 5.74) is 1.20. The van der Waals surface area contributed by atoms with Crippen molar-refractivity contribution in [3.05, 3.63) is 17.7 Å². The van der Waals surface area contributed by atoms with E-state index in [4.69, 9.17) is 0 Å². The topological polar surface area (TPSA) is 20.2 Å². The number of hydrogen-bond donors (Lipinski definition) is 3. The highest BCUT2D eigenvalue weighted by molar-refractivity contribution is 7.83. The molecule has 0 aliphatic rings. The van der Waals surface area contributed by atoms with E-state index in [9.17, 15) is 5.11 Å². The van der Waals surface area contributed by atoms with Gasteiger partial charge in [0.25, 0.3) is 0 Å². The van der Waals surface area contributed by atoms with Crippen LogP contribution in [-0.2, 0) is 5.41 Å². The lowest BCUT2D eigenvalue weighted by Gasteiger charge is -2.25. The Labute approximate surface area is 96.4 Å². The lowest BCUT2D eigenvalue weighted by Crippen LogP contribution is -2.16. The van der Waals surface area contributed by atoms with Gasteiger partial charge in [-0.05, 0) is 23.5 Å². The van der Waals surface area contributed by atoms with Crippen molar-refractivity contribution in [2.45, 2.75) is 42.4 Å². The van der Waals surface area contributed by atoms with Gasteiger partial charge in [-0.2, -0.15) is 0 Å². The second-order valence-electron chi connectivity index (χ2n) is 4.07. The molecule has 0 atom stereocenters. The quantitative estimate of drug-likeness (QED) is 0.660. The summed E-state index contributed by atoms with van der Waals surface area (Å²) in [6.07, 6.45) is 1.03. The van der Waals surface area contributed by atoms with Crippen molar-refractivity contribution in [2.75, 3.05) is 0 Å². The van der Waals surface area contributed by atoms with Crippen LogP contribution in [0.25, 0.3) is 0 Å². The van der Waals surface area contributed by atoms with Crippen LogP contribution < -0.4 is 0 Å². The summed E-state index contributed by atoms with van der Waals surface area (Å²) >= 11 is 8.62. The van der Waals surface area contributed by atoms with E-state index in [1.807, 2.05) is 6.07 Å². The maximum Gasteiger partial charge on any atom is 0.130 e. The van der Waals surface area contributed by atoms with Gasteiger partial charge < -0.3 is 5.11 Å². The molecule has 0 bridgehead atoms. The second-order valence-corrected chi connectivity index (χ2v) is 4.96. The minimum absolute atomic E-state index is 0.0717. The van der Waals surface area contributed by atoms with Gasteiger partial charge in [-0.15, -0.1) is 25.3 Å². The first-order chi connectivity index (χ1) is 6.40. The Morgan fingerprint density at radius 1 is 1.21 bits per heavy atom. The van der Waals surface area contributed by atoms with Crippen LogP contribution in [0.5, 0.6) is 5.75 Å². The van der Waals surface area contributed by atoms with Gasteiger partial charge in [-0.25, -0.2) is 0 Å². The fourth-order valence-corrected chi connectivity index (χ4v) is 1.99. The molecule has 0 unspecified atom stereocenters. The summed E-state index contributed by atoms with van der Waals surface area (Å²) in [7, 11) is 0. The maximum absolute atomic E-state index is 9.44. The Kier molecular flexibility index (Phi) is 3.43. The Morgan fingerprint density at radius 2 is 1.79 bits per heavy atom. The summed E-state index contributed by atoms with van der Waals surface area (Å²) in [5.74, 6) is 0.189. The minimum atomic E-state index is 0.0717. The normalized spacial score (nSPS) is 11.8. The van der Waals surface area contributed by atoms with E-state index in [1.165, 1.54) is 0 Å². The van der Waals surface area contributed by atoms with Gasteiger partial charge in [-0.3, -0.25) is 0 Å². The molecule has 1 aromatic carbocycles. The molecule has 0 aliphatic heterocycles. The number of phenolic OH excluding ortho intramolecular Hbond substituents is 1. The smallest absolute Gasteiger partial charge is 0.130 e. The van der Waals surface area contributed by atoms with Crippen LogP contribution in [0.1, 0.15) is 32.8 Å². The molecule has 1 N–H and O–H groups in total. The third-order valence-corrected chi connectivity index (χ3v) is 3.84. The Balaban J connectivity index is 3.31. The Bertz CT molecular complexity index is 345. The molecule has 3 heteroatoms. The predicted octanol–water partition coefficient (Wildman–Crippen LogP) is 3.66. The molecule has 1 aromatic rings. The number of phenols is 1. The molecule has 0 amide bonds. The van der Waals surface area contributed by atoms with Gasteiger partial charge in [0.05, 0.1) is 4.90 Å². The number of benzene rings is 1. The first kappa shape index (κ1) is 11.8. The van der Waals surface area contributed by atoms with E-state index in [0.717, 1.165) is 16.9 Å². The molecular formula is C11H16OS2. The molecule has 1 rings (SSSR count). The van der Waals surface area contributed by atoms with E-state index in [0.29, 0.717) is 4.90 Å². The van der Waals surface area contributed by atoms with Crippen LogP contribution >= 0.6 is 25.3 Å². The van der Waals surface area contributed by atoms with Crippen LogP contribution in [0.15, 0.2) is 21.9 Å². The largest absolute Gasteiger partial charge is 0.507 e. The zero-order valence-corrected chi connectivity index (χ0v) is 10.5. The molecule has 0 spiro atoms. The number of rotatable bonds is 2. The van der Waals surface area contributed by atoms with E-state index < -0.39 is 0 Å². The average Bonchev–Trinajstić information content (AvgIpc) is 2.14. The standard InChI is InChI=1S/C11H16OS2/c1-4-11(2,3)7-5-6-8(12)10(14)9(7)13/h5-6,12-14H,4H2,1-3H3. The first-order valence-corrected chi connectivity index (χ1v) is 5.54. The first-order valence-electron chi connectivity index (χ1n) is 4.64. The van der Waals surface area contributed by atoms with Crippen LogP contribution in [-0.4, -0.2) is 5.11 Å². The molecule has 0 heterocycles. The Hall–Kier alpha value is -0.280. The molecule has 14 heavy (non-hydrogen) atoms. The SMILES string of the molecule is CCC(C)(C)c1ccc(O)c(S)c1S. The third kappa shape index (κ3) is 2.04. The van der Waals surface area contributed by atoms with Crippen LogP contribution in [0.4, 0.5) is 0 Å². The Morgan fingerprint density at radius 3 is 2.29 bits per heavy atom. The van der Waals surface area contributed by atoms with Gasteiger partial charge in [0, 0.05) is 4.90 Å². The summed E-state index contributed by atoms with van der Waals surface area (Å²) in [5, 5.41) is 9.44. The molecule has 0 aromatic heterocycles. The molecule has 0 aliphatic carbocycles. The lowest BCUT2D eigenvalue weighted by molar-refractivity contribution is 0.451. The summed E-state index contributed by atoms with van der Waals surface area (Å²) in [6, 6.07) is 3.59. The fourth-order valence-electron chi connectivity index (χ4n) is 1.31. The molecule has 0 radical (unpaired) electrons. The molecular weight excluding hydrogens is 212 g/mol. The van der Waals surface area contributed by atoms with E-state index in [-0.39, 0.29) is 11.2 Å². The highest BCUT2D eigenvalue weighted by Gasteiger charge is 2.22. The zero-order valence-electron chi connectivity index (χ0n) is 8.70. The number of aromatic hydroxyl groups is 1. The van der Waals surface area contributed by atoms with E-state index >= 15 is 0 Å². The van der Waals surface area contributed by atoms with Crippen molar-refractivity contribution in [3.63, 3.8) is 0 Å². The monoisotopic (exact) mass is 228 g/mol. The fraction of sp³-hybridized carbons (Fsp3) is 0.455. The highest BCUT2D eigenvalue weighted by atomic mass is 32.1. The minimum Gasteiger partial charge on any atom is -0.507 e. The van der Waals surface area contributed by atoms with Gasteiger partial charge in [-0.1, -0.05) is 26.8 Å². The van der Waals surface area contributed by atoms with Gasteiger partial charge in [0.15, 0.2) is 0 Å². The van der Waals surface area contributed by atoms with Crippen molar-refractivity contribution in [1.82, 2.24) is 0 Å². The maximum atomic E-state index is 9.44. The number of hydrogen-bond acceptors (Lipinski definition) is 3. The molecule has 1 nitrogen and oxygen atoms in total. The van der Waals surface area contributed by atoms with Crippen LogP contribution in [0, 0.1) is 0 Å². The highest BCUT2D eigenvalue weighted by Crippen LogP contribution is 2.38. The van der Waals surface area contributed by atoms with Gasteiger partial charge >= 0.3 is 0 Å². The van der Waals surface area contributed by atoms with Crippen LogP contribution in [0.3, 0.4) is 0 Å². The summed E-state index contributed by atoms with van der Waals surface area (Å²) in [6.45, 7) is 6.46. The van der Waals surface area contributed by atoms with Gasteiger partial charge in [0.1, 0.15) is 5.75 Å². The second kappa shape index (κ2) is 4.07. The van der Waals surface area contributed by atoms with Crippen molar-refractivity contribution >= 4 is 25.3 Å². The van der Waals surface area contributed by atoms with Crippen molar-refractivity contribution in [2.24, 2.45) is 0 Å². The summed E-state index contributed by atoms with van der Waals surface area (Å²) in [4.78, 5) is 1.34. The van der Waals surface area contributed by atoms with Crippen LogP contribution in [0.2, 0.25) is 0 Å². The predicted molar refractivity (Wildman–Crippen MR) is 65.9 cm³/mol. The third-order valence-electron chi connectivity index (χ3n) is 2.74. The lowest BCUT2D eigenvalue weighted by atomic mass is 9.82. The average molecular weight is 228 g/mol. The molecule has 0 saturated carbocycles.